The van der Waals surface area contributed by atoms with Crippen molar-refractivity contribution >= 4 is 26.6 Å². The van der Waals surface area contributed by atoms with Gasteiger partial charge in [-0.2, -0.15) is 0 Å². The van der Waals surface area contributed by atoms with Crippen LogP contribution in [0.5, 0.6) is 0 Å². The number of pyridine rings is 1. The van der Waals surface area contributed by atoms with E-state index in [1.807, 2.05) is 55.5 Å². The quantitative estimate of drug-likeness (QED) is 0.296. The zero-order valence-electron chi connectivity index (χ0n) is 19.9. The van der Waals surface area contributed by atoms with Gasteiger partial charge in [0.1, 0.15) is 16.9 Å². The monoisotopic (exact) mass is 502 g/mol. The van der Waals surface area contributed by atoms with Crippen LogP contribution in [0, 0.1) is 5.82 Å². The highest BCUT2D eigenvalue weighted by Crippen LogP contribution is 2.41. The van der Waals surface area contributed by atoms with Crippen molar-refractivity contribution < 1.29 is 17.5 Å². The van der Waals surface area contributed by atoms with Gasteiger partial charge < -0.3 is 4.74 Å². The highest BCUT2D eigenvalue weighted by Gasteiger charge is 2.40. The molecule has 0 bridgehead atoms. The number of para-hydroxylation sites is 1. The van der Waals surface area contributed by atoms with E-state index in [1.165, 1.54) is 16.4 Å². The summed E-state index contributed by atoms with van der Waals surface area (Å²) in [7, 11) is -4.06. The van der Waals surface area contributed by atoms with Gasteiger partial charge >= 0.3 is 0 Å². The lowest BCUT2D eigenvalue weighted by Gasteiger charge is -2.40. The van der Waals surface area contributed by atoms with Crippen LogP contribution in [0.2, 0.25) is 0 Å². The highest BCUT2D eigenvalue weighted by atomic mass is 32.2. The topological polar surface area (TPSA) is 59.5 Å². The number of nitrogens with zero attached hydrogens (tertiary/aromatic N) is 2. The molecule has 2 atom stereocenters. The summed E-state index contributed by atoms with van der Waals surface area (Å²) in [5.74, 6) is -0.465. The smallest absolute Gasteiger partial charge is 0.268 e. The predicted octanol–water partition coefficient (Wildman–Crippen LogP) is 6.35. The third-order valence-corrected chi connectivity index (χ3v) is 8.16. The SMILES string of the molecule is CCCO[C@@H]1C[C@H](c2ccc(F)cc2)C=C(c2ccccc2)N1S(=O)(=O)c1cccc2cccnc12. The summed E-state index contributed by atoms with van der Waals surface area (Å²) in [6.07, 6.45) is 3.95. The number of rotatable bonds is 7. The number of hydrogen-bond acceptors (Lipinski definition) is 4. The lowest BCUT2D eigenvalue weighted by Crippen LogP contribution is -2.44. The van der Waals surface area contributed by atoms with E-state index in [9.17, 15) is 12.8 Å². The molecule has 36 heavy (non-hydrogen) atoms. The van der Waals surface area contributed by atoms with Crippen molar-refractivity contribution in [1.82, 2.24) is 9.29 Å². The predicted molar refractivity (Wildman–Crippen MR) is 139 cm³/mol. The molecule has 0 radical (unpaired) electrons. The number of benzene rings is 3. The highest BCUT2D eigenvalue weighted by molar-refractivity contribution is 7.89. The van der Waals surface area contributed by atoms with Crippen molar-refractivity contribution in [3.8, 4) is 0 Å². The van der Waals surface area contributed by atoms with Crippen LogP contribution < -0.4 is 0 Å². The number of allylic oxidation sites excluding steroid dienone is 1. The molecular weight excluding hydrogens is 475 g/mol. The first-order valence-corrected chi connectivity index (χ1v) is 13.5. The summed E-state index contributed by atoms with van der Waals surface area (Å²) in [4.78, 5) is 4.53. The Morgan fingerprint density at radius 1 is 0.972 bits per heavy atom. The van der Waals surface area contributed by atoms with E-state index in [1.54, 1.807) is 36.5 Å². The molecule has 0 aliphatic carbocycles. The third-order valence-electron chi connectivity index (χ3n) is 6.33. The van der Waals surface area contributed by atoms with Crippen LogP contribution in [0.15, 0.2) is 102 Å². The normalized spacial score (nSPS) is 18.3. The van der Waals surface area contributed by atoms with Crippen LogP contribution >= 0.6 is 0 Å². The van der Waals surface area contributed by atoms with E-state index < -0.39 is 16.3 Å². The Morgan fingerprint density at radius 3 is 2.47 bits per heavy atom. The second-order valence-electron chi connectivity index (χ2n) is 8.77. The molecule has 0 spiro atoms. The molecule has 3 aromatic carbocycles. The molecule has 0 fully saturated rings. The van der Waals surface area contributed by atoms with Crippen molar-refractivity contribution in [2.45, 2.75) is 36.8 Å². The fourth-order valence-corrected chi connectivity index (χ4v) is 6.40. The van der Waals surface area contributed by atoms with Crippen molar-refractivity contribution in [2.75, 3.05) is 6.61 Å². The fraction of sp³-hybridized carbons (Fsp3) is 0.207. The summed E-state index contributed by atoms with van der Waals surface area (Å²) in [6.45, 7) is 2.39. The van der Waals surface area contributed by atoms with Crippen LogP contribution in [0.1, 0.15) is 36.8 Å². The molecule has 184 valence electrons. The summed E-state index contributed by atoms with van der Waals surface area (Å²) in [6, 6.07) is 24.6. The van der Waals surface area contributed by atoms with Crippen LogP contribution in [-0.2, 0) is 14.8 Å². The molecule has 0 saturated carbocycles. The largest absolute Gasteiger partial charge is 0.357 e. The molecule has 0 saturated heterocycles. The van der Waals surface area contributed by atoms with Crippen LogP contribution in [0.4, 0.5) is 4.39 Å². The Labute approximate surface area is 210 Å². The van der Waals surface area contributed by atoms with Gasteiger partial charge in [-0.3, -0.25) is 4.98 Å². The second kappa shape index (κ2) is 10.2. The fourth-order valence-electron chi connectivity index (χ4n) is 4.64. The molecule has 0 amide bonds. The number of halogens is 1. The van der Waals surface area contributed by atoms with Gasteiger partial charge in [0.2, 0.25) is 0 Å². The average Bonchev–Trinajstić information content (AvgIpc) is 2.92. The van der Waals surface area contributed by atoms with E-state index in [4.69, 9.17) is 4.74 Å². The summed E-state index contributed by atoms with van der Waals surface area (Å²) in [5.41, 5.74) is 2.61. The molecular formula is C29H27FN2O3S. The molecule has 1 aliphatic heterocycles. The molecule has 4 aromatic rings. The van der Waals surface area contributed by atoms with Gasteiger partial charge in [0, 0.05) is 30.5 Å². The van der Waals surface area contributed by atoms with Gasteiger partial charge in [-0.05, 0) is 41.8 Å². The Bertz CT molecular complexity index is 1480. The van der Waals surface area contributed by atoms with Crippen molar-refractivity contribution in [1.29, 1.82) is 0 Å². The Balaban J connectivity index is 1.70. The van der Waals surface area contributed by atoms with Crippen molar-refractivity contribution in [2.24, 2.45) is 0 Å². The molecule has 5 rings (SSSR count). The zero-order valence-corrected chi connectivity index (χ0v) is 20.7. The standard InChI is InChI=1S/C29H27FN2O3S/c1-2-18-35-28-20-24(21-13-15-25(30)16-14-21)19-26(22-8-4-3-5-9-22)32(28)36(33,34)27-12-6-10-23-11-7-17-31-29(23)27/h3-17,19,24,28H,2,18,20H2,1H3/t24-,28-/m1/s1. The van der Waals surface area contributed by atoms with Gasteiger partial charge in [-0.25, -0.2) is 17.1 Å². The van der Waals surface area contributed by atoms with Gasteiger partial charge in [0.05, 0.1) is 11.2 Å². The minimum absolute atomic E-state index is 0.132. The van der Waals surface area contributed by atoms with Crippen LogP contribution in [-0.4, -0.2) is 30.5 Å². The number of fused-ring (bicyclic) bond motifs is 1. The first kappa shape index (κ1) is 24.2. The molecule has 7 heteroatoms. The van der Waals surface area contributed by atoms with E-state index >= 15 is 0 Å². The maximum Gasteiger partial charge on any atom is 0.268 e. The van der Waals surface area contributed by atoms with E-state index in [-0.39, 0.29) is 16.6 Å². The Hall–Kier alpha value is -3.55. The van der Waals surface area contributed by atoms with Crippen LogP contribution in [0.25, 0.3) is 16.6 Å². The first-order valence-electron chi connectivity index (χ1n) is 12.0. The number of aromatic nitrogens is 1. The molecule has 1 aliphatic rings. The summed E-state index contributed by atoms with van der Waals surface area (Å²) in [5, 5.41) is 0.746. The van der Waals surface area contributed by atoms with E-state index in [2.05, 4.69) is 4.98 Å². The van der Waals surface area contributed by atoms with Gasteiger partial charge in [0.15, 0.2) is 0 Å². The van der Waals surface area contributed by atoms with Crippen LogP contribution in [0.3, 0.4) is 0 Å². The van der Waals surface area contributed by atoms with Gasteiger partial charge in [-0.15, -0.1) is 0 Å². The second-order valence-corrected chi connectivity index (χ2v) is 10.6. The molecule has 2 heterocycles. The maximum absolute atomic E-state index is 14.4. The summed E-state index contributed by atoms with van der Waals surface area (Å²) >= 11 is 0. The Morgan fingerprint density at radius 2 is 1.72 bits per heavy atom. The average molecular weight is 503 g/mol. The molecule has 0 N–H and O–H groups in total. The first-order chi connectivity index (χ1) is 17.5. The number of sulfonamides is 1. The lowest BCUT2D eigenvalue weighted by molar-refractivity contribution is -0.00964. The summed E-state index contributed by atoms with van der Waals surface area (Å²) < 4.78 is 50.0. The zero-order chi connectivity index (χ0) is 25.1. The van der Waals surface area contributed by atoms with E-state index in [0.29, 0.717) is 24.2 Å². The molecule has 5 nitrogen and oxygen atoms in total. The minimum Gasteiger partial charge on any atom is -0.357 e. The minimum atomic E-state index is -4.06. The maximum atomic E-state index is 14.4. The van der Waals surface area contributed by atoms with E-state index in [0.717, 1.165) is 22.9 Å². The van der Waals surface area contributed by atoms with Crippen molar-refractivity contribution in [3.05, 3.63) is 114 Å². The van der Waals surface area contributed by atoms with Gasteiger partial charge in [0.25, 0.3) is 10.0 Å². The van der Waals surface area contributed by atoms with Crippen molar-refractivity contribution in [3.63, 3.8) is 0 Å². The molecule has 1 aromatic heterocycles. The lowest BCUT2D eigenvalue weighted by atomic mass is 9.90. The number of hydrogen-bond donors (Lipinski definition) is 0. The third kappa shape index (κ3) is 4.64. The van der Waals surface area contributed by atoms with Gasteiger partial charge in [-0.1, -0.05) is 73.7 Å². The molecule has 0 unspecified atom stereocenters. The number of ether oxygens (including phenoxy) is 1. The Kier molecular flexibility index (Phi) is 6.85.